The molecule has 0 aliphatic rings. The number of carbonyl (C=O) groups is 1. The van der Waals surface area contributed by atoms with Gasteiger partial charge in [-0.25, -0.2) is 4.98 Å². The number of ether oxygens (including phenoxy) is 1. The Hall–Kier alpha value is -2.62. The predicted octanol–water partition coefficient (Wildman–Crippen LogP) is 2.82. The maximum absolute atomic E-state index is 11.8. The van der Waals surface area contributed by atoms with Gasteiger partial charge in [-0.3, -0.25) is 4.79 Å². The van der Waals surface area contributed by atoms with E-state index in [0.29, 0.717) is 19.6 Å². The van der Waals surface area contributed by atoms with Crippen LogP contribution in [0.4, 0.5) is 0 Å². The minimum Gasteiger partial charge on any atom is -0.464 e. The number of para-hydroxylation sites is 2. The topological polar surface area (TPSA) is 44.1 Å². The third kappa shape index (κ3) is 3.28. The molecule has 1 aromatic heterocycles. The van der Waals surface area contributed by atoms with Gasteiger partial charge >= 0.3 is 5.97 Å². The van der Waals surface area contributed by atoms with Crippen molar-refractivity contribution in [2.24, 2.45) is 0 Å². The van der Waals surface area contributed by atoms with Gasteiger partial charge < -0.3 is 9.30 Å². The number of esters is 1. The Balaban J connectivity index is 1.53. The summed E-state index contributed by atoms with van der Waals surface area (Å²) in [7, 11) is 0. The van der Waals surface area contributed by atoms with E-state index in [-0.39, 0.29) is 5.97 Å². The number of aromatic nitrogens is 2. The Labute approximate surface area is 123 Å². The summed E-state index contributed by atoms with van der Waals surface area (Å²) in [6, 6.07) is 17.5. The quantitative estimate of drug-likeness (QED) is 0.675. The molecule has 4 heteroatoms. The van der Waals surface area contributed by atoms with Crippen molar-refractivity contribution < 1.29 is 9.53 Å². The van der Waals surface area contributed by atoms with Crippen molar-refractivity contribution in [3.05, 3.63) is 66.5 Å². The van der Waals surface area contributed by atoms with Crippen LogP contribution in [0.3, 0.4) is 0 Å². The number of rotatable bonds is 5. The lowest BCUT2D eigenvalue weighted by atomic mass is 10.2. The minimum atomic E-state index is -0.203. The summed E-state index contributed by atoms with van der Waals surface area (Å²) >= 11 is 0. The van der Waals surface area contributed by atoms with Crippen molar-refractivity contribution in [1.29, 1.82) is 0 Å². The SMILES string of the molecule is O=C(Cc1ccccc1)OCCn1cnc2ccccc21. The summed E-state index contributed by atoms with van der Waals surface area (Å²) in [5.41, 5.74) is 2.97. The van der Waals surface area contributed by atoms with Crippen LogP contribution in [0.1, 0.15) is 5.56 Å². The van der Waals surface area contributed by atoms with Crippen LogP contribution >= 0.6 is 0 Å². The Kier molecular flexibility index (Phi) is 3.96. The first kappa shape index (κ1) is 13.4. The standard InChI is InChI=1S/C17H16N2O2/c20-17(12-14-6-2-1-3-7-14)21-11-10-19-13-18-15-8-4-5-9-16(15)19/h1-9,13H,10-12H2. The molecule has 0 unspecified atom stereocenters. The molecule has 0 radical (unpaired) electrons. The first-order valence-corrected chi connectivity index (χ1v) is 6.92. The average Bonchev–Trinajstić information content (AvgIpc) is 2.92. The first-order valence-electron chi connectivity index (χ1n) is 6.92. The summed E-state index contributed by atoms with van der Waals surface area (Å²) in [5, 5.41) is 0. The van der Waals surface area contributed by atoms with E-state index in [9.17, 15) is 4.79 Å². The molecule has 106 valence electrons. The van der Waals surface area contributed by atoms with E-state index in [0.717, 1.165) is 16.6 Å². The molecule has 1 heterocycles. The molecule has 3 rings (SSSR count). The number of benzene rings is 2. The number of hydrogen-bond donors (Lipinski definition) is 0. The molecule has 3 aromatic rings. The maximum Gasteiger partial charge on any atom is 0.310 e. The molecule has 0 saturated heterocycles. The molecule has 0 atom stereocenters. The van der Waals surface area contributed by atoms with E-state index >= 15 is 0 Å². The van der Waals surface area contributed by atoms with Crippen LogP contribution in [0.5, 0.6) is 0 Å². The van der Waals surface area contributed by atoms with Gasteiger partial charge in [-0.05, 0) is 17.7 Å². The van der Waals surface area contributed by atoms with Gasteiger partial charge in [-0.15, -0.1) is 0 Å². The smallest absolute Gasteiger partial charge is 0.310 e. The van der Waals surface area contributed by atoms with Gasteiger partial charge in [0.1, 0.15) is 6.61 Å². The normalized spacial score (nSPS) is 10.7. The van der Waals surface area contributed by atoms with Crippen molar-refractivity contribution in [2.45, 2.75) is 13.0 Å². The third-order valence-electron chi connectivity index (χ3n) is 3.31. The van der Waals surface area contributed by atoms with Gasteiger partial charge in [-0.1, -0.05) is 42.5 Å². The lowest BCUT2D eigenvalue weighted by Gasteiger charge is -2.06. The fourth-order valence-corrected chi connectivity index (χ4v) is 2.26. The molecular weight excluding hydrogens is 264 g/mol. The molecule has 0 fully saturated rings. The zero-order valence-corrected chi connectivity index (χ0v) is 11.6. The number of nitrogens with zero attached hydrogens (tertiary/aromatic N) is 2. The Morgan fingerprint density at radius 2 is 1.81 bits per heavy atom. The molecule has 21 heavy (non-hydrogen) atoms. The van der Waals surface area contributed by atoms with Crippen LogP contribution in [-0.4, -0.2) is 22.1 Å². The summed E-state index contributed by atoms with van der Waals surface area (Å²) in [4.78, 5) is 16.1. The molecule has 0 aliphatic carbocycles. The van der Waals surface area contributed by atoms with Gasteiger partial charge in [0.25, 0.3) is 0 Å². The fourth-order valence-electron chi connectivity index (χ4n) is 2.26. The molecule has 4 nitrogen and oxygen atoms in total. The first-order chi connectivity index (χ1) is 10.3. The highest BCUT2D eigenvalue weighted by Gasteiger charge is 2.05. The summed E-state index contributed by atoms with van der Waals surface area (Å²) < 4.78 is 7.27. The van der Waals surface area contributed by atoms with Crippen LogP contribution < -0.4 is 0 Å². The van der Waals surface area contributed by atoms with Crippen LogP contribution in [0.25, 0.3) is 11.0 Å². The molecule has 0 aliphatic heterocycles. The van der Waals surface area contributed by atoms with Gasteiger partial charge in [0, 0.05) is 0 Å². The number of hydrogen-bond acceptors (Lipinski definition) is 3. The number of imidazole rings is 1. The van der Waals surface area contributed by atoms with Crippen molar-refractivity contribution >= 4 is 17.0 Å². The Bertz CT molecular complexity index is 735. The highest BCUT2D eigenvalue weighted by Crippen LogP contribution is 2.11. The van der Waals surface area contributed by atoms with E-state index in [1.165, 1.54) is 0 Å². The summed E-state index contributed by atoms with van der Waals surface area (Å²) in [5.74, 6) is -0.203. The zero-order chi connectivity index (χ0) is 14.5. The maximum atomic E-state index is 11.8. The van der Waals surface area contributed by atoms with E-state index < -0.39 is 0 Å². The zero-order valence-electron chi connectivity index (χ0n) is 11.6. The summed E-state index contributed by atoms with van der Waals surface area (Å²) in [6.07, 6.45) is 2.08. The highest BCUT2D eigenvalue weighted by molar-refractivity contribution is 5.75. The van der Waals surface area contributed by atoms with Crippen LogP contribution in [0.15, 0.2) is 60.9 Å². The van der Waals surface area contributed by atoms with Crippen LogP contribution in [-0.2, 0) is 22.5 Å². The van der Waals surface area contributed by atoms with E-state index in [2.05, 4.69) is 4.98 Å². The monoisotopic (exact) mass is 280 g/mol. The molecule has 2 aromatic carbocycles. The lowest BCUT2D eigenvalue weighted by Crippen LogP contribution is -2.12. The van der Waals surface area contributed by atoms with Crippen LogP contribution in [0.2, 0.25) is 0 Å². The van der Waals surface area contributed by atoms with Crippen LogP contribution in [0, 0.1) is 0 Å². The minimum absolute atomic E-state index is 0.203. The molecule has 0 amide bonds. The second-order valence-electron chi connectivity index (χ2n) is 4.81. The highest BCUT2D eigenvalue weighted by atomic mass is 16.5. The largest absolute Gasteiger partial charge is 0.464 e. The van der Waals surface area contributed by atoms with E-state index in [1.807, 2.05) is 59.2 Å². The Morgan fingerprint density at radius 3 is 2.67 bits per heavy atom. The predicted molar refractivity (Wildman–Crippen MR) is 80.8 cm³/mol. The van der Waals surface area contributed by atoms with Crippen molar-refractivity contribution in [1.82, 2.24) is 9.55 Å². The Morgan fingerprint density at radius 1 is 1.05 bits per heavy atom. The van der Waals surface area contributed by atoms with Gasteiger partial charge in [0.05, 0.1) is 30.3 Å². The summed E-state index contributed by atoms with van der Waals surface area (Å²) in [6.45, 7) is 0.965. The molecule has 0 saturated carbocycles. The molecular formula is C17H16N2O2. The second-order valence-corrected chi connectivity index (χ2v) is 4.81. The molecule has 0 N–H and O–H groups in total. The molecule has 0 spiro atoms. The van der Waals surface area contributed by atoms with Gasteiger partial charge in [-0.2, -0.15) is 0 Å². The fraction of sp³-hybridized carbons (Fsp3) is 0.176. The van der Waals surface area contributed by atoms with Crippen molar-refractivity contribution in [2.75, 3.05) is 6.61 Å². The third-order valence-corrected chi connectivity index (χ3v) is 3.31. The number of carbonyl (C=O) groups excluding carboxylic acids is 1. The van der Waals surface area contributed by atoms with Gasteiger partial charge in [0.2, 0.25) is 0 Å². The lowest BCUT2D eigenvalue weighted by molar-refractivity contribution is -0.143. The second kappa shape index (κ2) is 6.22. The van der Waals surface area contributed by atoms with Crippen molar-refractivity contribution in [3.8, 4) is 0 Å². The van der Waals surface area contributed by atoms with Crippen molar-refractivity contribution in [3.63, 3.8) is 0 Å². The average molecular weight is 280 g/mol. The van der Waals surface area contributed by atoms with E-state index in [1.54, 1.807) is 6.33 Å². The van der Waals surface area contributed by atoms with E-state index in [4.69, 9.17) is 4.74 Å². The number of fused-ring (bicyclic) bond motifs is 1. The molecule has 0 bridgehead atoms. The van der Waals surface area contributed by atoms with Gasteiger partial charge in [0.15, 0.2) is 0 Å².